The van der Waals surface area contributed by atoms with Crippen LogP contribution in [0.1, 0.15) is 24.0 Å². The first-order valence-corrected chi connectivity index (χ1v) is 11.3. The molecule has 170 valence electrons. The molecule has 0 atom stereocenters. The number of aryl methyl sites for hydroxylation is 1. The van der Waals surface area contributed by atoms with Crippen LogP contribution in [0.15, 0.2) is 65.9 Å². The first-order valence-electron chi connectivity index (χ1n) is 11.3. The Balaban J connectivity index is 1.58. The Bertz CT molecular complexity index is 1090. The number of ether oxygens (including phenoxy) is 1. The molecule has 33 heavy (non-hydrogen) atoms. The quantitative estimate of drug-likeness (QED) is 0.306. The fraction of sp³-hybridized carbons (Fsp3) is 0.308. The standard InChI is InChI=1S/C26H29N5O2/c1-19-4-2-6-22(14-19)23-7-8-24(26(31-23)29-17-21-5-3-11-27-15-21)30-25(18-32)28-16-20-9-12-33-13-10-20/h2-8,11,14-15,18,20H,9-10,12-13,16-17H2,1H3,(H,28,30)(H,29,31). The van der Waals surface area contributed by atoms with Crippen LogP contribution in [-0.4, -0.2) is 41.8 Å². The van der Waals surface area contributed by atoms with Crippen LogP contribution >= 0.6 is 0 Å². The predicted octanol–water partition coefficient (Wildman–Crippen LogP) is 4.31. The Morgan fingerprint density at radius 3 is 2.82 bits per heavy atom. The van der Waals surface area contributed by atoms with E-state index in [4.69, 9.17) is 9.72 Å². The maximum absolute atomic E-state index is 11.7. The second-order valence-electron chi connectivity index (χ2n) is 8.20. The molecule has 0 spiro atoms. The van der Waals surface area contributed by atoms with Gasteiger partial charge in [0.1, 0.15) is 5.69 Å². The van der Waals surface area contributed by atoms with E-state index in [1.54, 1.807) is 6.20 Å². The molecule has 0 saturated carbocycles. The molecule has 3 heterocycles. The van der Waals surface area contributed by atoms with E-state index < -0.39 is 0 Å². The van der Waals surface area contributed by atoms with Crippen molar-refractivity contribution in [3.63, 3.8) is 0 Å². The normalized spacial score (nSPS) is 14.6. The van der Waals surface area contributed by atoms with Crippen molar-refractivity contribution in [3.8, 4) is 11.3 Å². The summed E-state index contributed by atoms with van der Waals surface area (Å²) in [6.07, 6.45) is 6.30. The van der Waals surface area contributed by atoms with Crippen molar-refractivity contribution in [1.82, 2.24) is 15.3 Å². The summed E-state index contributed by atoms with van der Waals surface area (Å²) in [6.45, 7) is 4.85. The molecule has 3 aromatic rings. The molecule has 1 fully saturated rings. The lowest BCUT2D eigenvalue weighted by atomic mass is 10.0. The lowest BCUT2D eigenvalue weighted by Crippen LogP contribution is -2.32. The molecule has 2 aromatic heterocycles. The minimum Gasteiger partial charge on any atom is -0.381 e. The second kappa shape index (κ2) is 11.3. The van der Waals surface area contributed by atoms with Crippen LogP contribution in [0.3, 0.4) is 0 Å². The number of anilines is 1. The summed E-state index contributed by atoms with van der Waals surface area (Å²) in [6, 6.07) is 15.9. The van der Waals surface area contributed by atoms with Crippen molar-refractivity contribution in [1.29, 1.82) is 0 Å². The van der Waals surface area contributed by atoms with Crippen molar-refractivity contribution in [3.05, 3.63) is 72.1 Å². The van der Waals surface area contributed by atoms with Gasteiger partial charge in [-0.05, 0) is 55.5 Å². The number of hydrogen-bond donors (Lipinski definition) is 2. The van der Waals surface area contributed by atoms with Gasteiger partial charge in [-0.1, -0.05) is 29.8 Å². The number of carbonyl (C=O) groups is 1. The smallest absolute Gasteiger partial charge is 0.185 e. The number of pyridine rings is 2. The average Bonchev–Trinajstić information content (AvgIpc) is 2.87. The topological polar surface area (TPSA) is 88.5 Å². The van der Waals surface area contributed by atoms with Crippen LogP contribution in [0.4, 0.5) is 11.5 Å². The van der Waals surface area contributed by atoms with Gasteiger partial charge in [-0.15, -0.1) is 0 Å². The number of aliphatic imine (C=N–C) groups is 1. The zero-order valence-corrected chi connectivity index (χ0v) is 18.8. The summed E-state index contributed by atoms with van der Waals surface area (Å²) in [5.74, 6) is 1.40. The fourth-order valence-electron chi connectivity index (χ4n) is 3.76. The fourth-order valence-corrected chi connectivity index (χ4v) is 3.76. The van der Waals surface area contributed by atoms with E-state index in [2.05, 4.69) is 39.7 Å². The Labute approximate surface area is 194 Å². The van der Waals surface area contributed by atoms with Gasteiger partial charge in [0.05, 0.1) is 5.69 Å². The lowest BCUT2D eigenvalue weighted by Gasteiger charge is -2.22. The molecule has 4 rings (SSSR count). The third-order valence-corrected chi connectivity index (χ3v) is 5.64. The third-order valence-electron chi connectivity index (χ3n) is 5.64. The first kappa shape index (κ1) is 22.6. The monoisotopic (exact) mass is 443 g/mol. The zero-order valence-electron chi connectivity index (χ0n) is 18.8. The number of nitrogens with one attached hydrogen (secondary N) is 2. The zero-order chi connectivity index (χ0) is 22.9. The van der Waals surface area contributed by atoms with Crippen molar-refractivity contribution >= 4 is 23.6 Å². The summed E-state index contributed by atoms with van der Waals surface area (Å²) in [7, 11) is 0. The highest BCUT2D eigenvalue weighted by molar-refractivity contribution is 6.27. The number of aromatic nitrogens is 2. The molecule has 2 N–H and O–H groups in total. The Morgan fingerprint density at radius 1 is 1.18 bits per heavy atom. The van der Waals surface area contributed by atoms with Gasteiger partial charge < -0.3 is 15.4 Å². The minimum atomic E-state index is 0.302. The average molecular weight is 444 g/mol. The molecule has 0 radical (unpaired) electrons. The number of amidine groups is 1. The summed E-state index contributed by atoms with van der Waals surface area (Å²) < 4.78 is 5.41. The largest absolute Gasteiger partial charge is 0.381 e. The number of rotatable bonds is 8. The van der Waals surface area contributed by atoms with Gasteiger partial charge in [0.15, 0.2) is 17.9 Å². The molecule has 1 aliphatic heterocycles. The highest BCUT2D eigenvalue weighted by Gasteiger charge is 2.15. The van der Waals surface area contributed by atoms with Gasteiger partial charge in [0.25, 0.3) is 0 Å². The first-order chi connectivity index (χ1) is 16.2. The molecule has 7 heteroatoms. The highest BCUT2D eigenvalue weighted by Crippen LogP contribution is 2.28. The van der Waals surface area contributed by atoms with Crippen LogP contribution in [0.25, 0.3) is 11.3 Å². The Kier molecular flexibility index (Phi) is 7.76. The van der Waals surface area contributed by atoms with Crippen LogP contribution in [0, 0.1) is 12.8 Å². The Morgan fingerprint density at radius 2 is 2.06 bits per heavy atom. The maximum atomic E-state index is 11.7. The maximum Gasteiger partial charge on any atom is 0.185 e. The van der Waals surface area contributed by atoms with Crippen molar-refractivity contribution < 1.29 is 9.53 Å². The molecular weight excluding hydrogens is 414 g/mol. The van der Waals surface area contributed by atoms with Gasteiger partial charge in [-0.25, -0.2) is 9.98 Å². The van der Waals surface area contributed by atoms with E-state index in [1.165, 1.54) is 5.56 Å². The second-order valence-corrected chi connectivity index (χ2v) is 8.20. The molecule has 1 saturated heterocycles. The van der Waals surface area contributed by atoms with Gasteiger partial charge in [-0.2, -0.15) is 0 Å². The number of hydrogen-bond acceptors (Lipinski definition) is 6. The molecule has 0 unspecified atom stereocenters. The number of nitrogens with zero attached hydrogens (tertiary/aromatic N) is 3. The van der Waals surface area contributed by atoms with Gasteiger partial charge in [0, 0.05) is 44.3 Å². The third kappa shape index (κ3) is 6.46. The van der Waals surface area contributed by atoms with Crippen molar-refractivity contribution in [2.75, 3.05) is 25.1 Å². The molecule has 7 nitrogen and oxygen atoms in total. The lowest BCUT2D eigenvalue weighted by molar-refractivity contribution is -0.102. The SMILES string of the molecule is Cc1cccc(-c2ccc(/N=C(\C=O)NCC3CCOCC3)c(NCc3cccnc3)n2)c1. The Hall–Kier alpha value is -3.58. The molecular formula is C26H29N5O2. The van der Waals surface area contributed by atoms with E-state index in [1.807, 2.05) is 42.6 Å². The summed E-state index contributed by atoms with van der Waals surface area (Å²) in [5.41, 5.74) is 4.68. The van der Waals surface area contributed by atoms with E-state index in [9.17, 15) is 4.79 Å². The molecule has 1 aliphatic rings. The van der Waals surface area contributed by atoms with E-state index in [-0.39, 0.29) is 0 Å². The highest BCUT2D eigenvalue weighted by atomic mass is 16.5. The molecule has 0 amide bonds. The van der Waals surface area contributed by atoms with Crippen LogP contribution in [0.5, 0.6) is 0 Å². The molecule has 0 aliphatic carbocycles. The van der Waals surface area contributed by atoms with E-state index >= 15 is 0 Å². The number of aldehydes is 1. The van der Waals surface area contributed by atoms with Crippen molar-refractivity contribution in [2.45, 2.75) is 26.3 Å². The minimum absolute atomic E-state index is 0.302. The van der Waals surface area contributed by atoms with E-state index in [0.717, 1.165) is 49.2 Å². The summed E-state index contributed by atoms with van der Waals surface area (Å²) in [4.78, 5) is 25.3. The summed E-state index contributed by atoms with van der Waals surface area (Å²) in [5, 5.41) is 6.57. The van der Waals surface area contributed by atoms with Gasteiger partial charge in [-0.3, -0.25) is 9.78 Å². The van der Waals surface area contributed by atoms with Gasteiger partial charge >= 0.3 is 0 Å². The molecule has 0 bridgehead atoms. The van der Waals surface area contributed by atoms with Gasteiger partial charge in [0.2, 0.25) is 0 Å². The van der Waals surface area contributed by atoms with Crippen LogP contribution in [0.2, 0.25) is 0 Å². The van der Waals surface area contributed by atoms with Crippen LogP contribution in [-0.2, 0) is 16.1 Å². The number of carbonyl (C=O) groups excluding carboxylic acids is 1. The predicted molar refractivity (Wildman–Crippen MR) is 131 cm³/mol. The van der Waals surface area contributed by atoms with E-state index in [0.29, 0.717) is 36.3 Å². The molecule has 1 aromatic carbocycles. The van der Waals surface area contributed by atoms with Crippen LogP contribution < -0.4 is 10.6 Å². The van der Waals surface area contributed by atoms with Crippen molar-refractivity contribution in [2.24, 2.45) is 10.9 Å². The summed E-state index contributed by atoms with van der Waals surface area (Å²) >= 11 is 0. The number of benzene rings is 1.